The molecule has 18 heavy (non-hydrogen) atoms. The minimum atomic E-state index is -0.251. The van der Waals surface area contributed by atoms with E-state index in [1.807, 2.05) is 0 Å². The number of hydrogen-bond acceptors (Lipinski definition) is 2. The lowest BCUT2D eigenvalue weighted by molar-refractivity contribution is -0.118. The van der Waals surface area contributed by atoms with E-state index in [1.54, 1.807) is 19.1 Å². The number of nitrogens with one attached hydrogen (secondary N) is 2. The van der Waals surface area contributed by atoms with Crippen LogP contribution in [0, 0.1) is 12.7 Å². The Morgan fingerprint density at radius 2 is 2.22 bits per heavy atom. The van der Waals surface area contributed by atoms with Gasteiger partial charge in [0.05, 0.1) is 6.04 Å². The molecule has 1 aliphatic heterocycles. The molecule has 1 unspecified atom stereocenters. The summed E-state index contributed by atoms with van der Waals surface area (Å²) in [5, 5.41) is 5.99. The smallest absolute Gasteiger partial charge is 0.241 e. The average Bonchev–Trinajstić information content (AvgIpc) is 2.35. The van der Waals surface area contributed by atoms with Gasteiger partial charge in [-0.2, -0.15) is 0 Å². The second kappa shape index (κ2) is 6.71. The average molecular weight is 273 g/mol. The molecule has 1 aliphatic rings. The number of rotatable bonds is 2. The first-order valence-electron chi connectivity index (χ1n) is 5.97. The molecule has 0 aliphatic carbocycles. The molecule has 1 aromatic rings. The zero-order chi connectivity index (χ0) is 12.3. The molecule has 100 valence electrons. The Morgan fingerprint density at radius 3 is 2.83 bits per heavy atom. The number of halogens is 2. The van der Waals surface area contributed by atoms with Gasteiger partial charge in [-0.15, -0.1) is 12.4 Å². The molecule has 0 bridgehead atoms. The molecule has 1 aromatic carbocycles. The number of anilines is 1. The molecule has 1 amide bonds. The summed E-state index contributed by atoms with van der Waals surface area (Å²) in [6.45, 7) is 2.57. The Kier molecular flexibility index (Phi) is 5.56. The van der Waals surface area contributed by atoms with Gasteiger partial charge in [-0.05, 0) is 50.1 Å². The van der Waals surface area contributed by atoms with Gasteiger partial charge < -0.3 is 10.6 Å². The van der Waals surface area contributed by atoms with Crippen LogP contribution in [0.5, 0.6) is 0 Å². The fraction of sp³-hybridized carbons (Fsp3) is 0.462. The summed E-state index contributed by atoms with van der Waals surface area (Å²) in [6.07, 6.45) is 3.07. The monoisotopic (exact) mass is 272 g/mol. The van der Waals surface area contributed by atoms with Crippen LogP contribution in [0.3, 0.4) is 0 Å². The third-order valence-corrected chi connectivity index (χ3v) is 3.05. The predicted molar refractivity (Wildman–Crippen MR) is 72.7 cm³/mol. The van der Waals surface area contributed by atoms with E-state index < -0.39 is 0 Å². The lowest BCUT2D eigenvalue weighted by Gasteiger charge is -2.22. The first kappa shape index (κ1) is 14.9. The van der Waals surface area contributed by atoms with Gasteiger partial charge in [-0.25, -0.2) is 4.39 Å². The van der Waals surface area contributed by atoms with Gasteiger partial charge in [0.2, 0.25) is 5.91 Å². The van der Waals surface area contributed by atoms with Crippen molar-refractivity contribution in [1.29, 1.82) is 0 Å². The second-order valence-corrected chi connectivity index (χ2v) is 4.46. The third-order valence-electron chi connectivity index (χ3n) is 3.05. The molecular weight excluding hydrogens is 255 g/mol. The molecule has 1 atom stereocenters. The Balaban J connectivity index is 0.00000162. The number of aryl methyl sites for hydroxylation is 1. The molecule has 0 aromatic heterocycles. The van der Waals surface area contributed by atoms with Crippen molar-refractivity contribution in [3.8, 4) is 0 Å². The predicted octanol–water partition coefficient (Wildman–Crippen LogP) is 2.64. The number of piperidine rings is 1. The topological polar surface area (TPSA) is 41.1 Å². The summed E-state index contributed by atoms with van der Waals surface area (Å²) < 4.78 is 13.1. The lowest BCUT2D eigenvalue weighted by atomic mass is 10.0. The number of amides is 1. The highest BCUT2D eigenvalue weighted by Gasteiger charge is 2.20. The van der Waals surface area contributed by atoms with Crippen molar-refractivity contribution in [3.05, 3.63) is 29.6 Å². The van der Waals surface area contributed by atoms with E-state index in [4.69, 9.17) is 0 Å². The molecule has 0 saturated carbocycles. The molecule has 5 heteroatoms. The summed E-state index contributed by atoms with van der Waals surface area (Å²) in [6, 6.07) is 4.49. The van der Waals surface area contributed by atoms with Crippen LogP contribution >= 0.6 is 12.4 Å². The molecule has 1 heterocycles. The van der Waals surface area contributed by atoms with Crippen LogP contribution < -0.4 is 10.6 Å². The van der Waals surface area contributed by atoms with Crippen LogP contribution in [-0.4, -0.2) is 18.5 Å². The summed E-state index contributed by atoms with van der Waals surface area (Å²) in [5.74, 6) is -0.283. The highest BCUT2D eigenvalue weighted by atomic mass is 35.5. The van der Waals surface area contributed by atoms with Crippen LogP contribution in [0.15, 0.2) is 18.2 Å². The van der Waals surface area contributed by atoms with Crippen LogP contribution in [0.1, 0.15) is 24.8 Å². The van der Waals surface area contributed by atoms with Crippen LogP contribution in [0.2, 0.25) is 0 Å². The minimum absolute atomic E-state index is 0. The molecule has 1 fully saturated rings. The van der Waals surface area contributed by atoms with Gasteiger partial charge in [-0.3, -0.25) is 4.79 Å². The van der Waals surface area contributed by atoms with Crippen LogP contribution in [-0.2, 0) is 4.79 Å². The highest BCUT2D eigenvalue weighted by Crippen LogP contribution is 2.15. The van der Waals surface area contributed by atoms with Crippen LogP contribution in [0.25, 0.3) is 0 Å². The molecular formula is C13H18ClFN2O. The van der Waals surface area contributed by atoms with Crippen molar-refractivity contribution < 1.29 is 9.18 Å². The molecule has 2 N–H and O–H groups in total. The minimum Gasteiger partial charge on any atom is -0.325 e. The number of hydrogen-bond donors (Lipinski definition) is 2. The number of benzene rings is 1. The summed E-state index contributed by atoms with van der Waals surface area (Å²) >= 11 is 0. The third kappa shape index (κ3) is 3.68. The molecule has 0 spiro atoms. The molecule has 3 nitrogen and oxygen atoms in total. The number of carbonyl (C=O) groups excluding carboxylic acids is 1. The second-order valence-electron chi connectivity index (χ2n) is 4.46. The Bertz CT molecular complexity index is 419. The fourth-order valence-electron chi connectivity index (χ4n) is 2.03. The van der Waals surface area contributed by atoms with Gasteiger partial charge in [0, 0.05) is 5.69 Å². The fourth-order valence-corrected chi connectivity index (χ4v) is 2.03. The van der Waals surface area contributed by atoms with E-state index in [-0.39, 0.29) is 30.2 Å². The van der Waals surface area contributed by atoms with E-state index in [1.165, 1.54) is 6.07 Å². The number of carbonyl (C=O) groups is 1. The summed E-state index contributed by atoms with van der Waals surface area (Å²) in [5.41, 5.74) is 1.20. The largest absolute Gasteiger partial charge is 0.325 e. The van der Waals surface area contributed by atoms with Gasteiger partial charge in [0.25, 0.3) is 0 Å². The van der Waals surface area contributed by atoms with Gasteiger partial charge in [0.15, 0.2) is 0 Å². The van der Waals surface area contributed by atoms with Crippen molar-refractivity contribution in [2.24, 2.45) is 0 Å². The zero-order valence-electron chi connectivity index (χ0n) is 10.3. The Morgan fingerprint density at radius 1 is 1.44 bits per heavy atom. The van der Waals surface area contributed by atoms with Gasteiger partial charge in [-0.1, -0.05) is 6.42 Å². The van der Waals surface area contributed by atoms with Crippen LogP contribution in [0.4, 0.5) is 10.1 Å². The Labute approximate surface area is 113 Å². The van der Waals surface area contributed by atoms with E-state index in [2.05, 4.69) is 10.6 Å². The normalized spacial score (nSPS) is 18.9. The zero-order valence-corrected chi connectivity index (χ0v) is 11.1. The van der Waals surface area contributed by atoms with Gasteiger partial charge >= 0.3 is 0 Å². The van der Waals surface area contributed by atoms with Crippen molar-refractivity contribution >= 4 is 24.0 Å². The van der Waals surface area contributed by atoms with Crippen molar-refractivity contribution in [2.75, 3.05) is 11.9 Å². The van der Waals surface area contributed by atoms with Crippen molar-refractivity contribution in [2.45, 2.75) is 32.2 Å². The van der Waals surface area contributed by atoms with E-state index in [0.717, 1.165) is 25.8 Å². The Hall–Kier alpha value is -1.13. The standard InChI is InChI=1S/C13H17FN2O.ClH/c1-9-8-10(5-6-11(9)14)16-13(17)12-4-2-3-7-15-12;/h5-6,8,12,15H,2-4,7H2,1H3,(H,16,17);1H. The van der Waals surface area contributed by atoms with Crippen molar-refractivity contribution in [3.63, 3.8) is 0 Å². The maximum atomic E-state index is 13.1. The SMILES string of the molecule is Cc1cc(NC(=O)C2CCCCN2)ccc1F.Cl. The summed E-state index contributed by atoms with van der Waals surface area (Å²) in [7, 11) is 0. The lowest BCUT2D eigenvalue weighted by Crippen LogP contribution is -2.43. The molecule has 0 radical (unpaired) electrons. The molecule has 1 saturated heterocycles. The van der Waals surface area contributed by atoms with E-state index in [0.29, 0.717) is 11.3 Å². The van der Waals surface area contributed by atoms with Crippen molar-refractivity contribution in [1.82, 2.24) is 5.32 Å². The first-order chi connectivity index (χ1) is 8.16. The first-order valence-corrected chi connectivity index (χ1v) is 5.97. The highest BCUT2D eigenvalue weighted by molar-refractivity contribution is 5.94. The summed E-state index contributed by atoms with van der Waals surface area (Å²) in [4.78, 5) is 11.9. The van der Waals surface area contributed by atoms with Gasteiger partial charge in [0.1, 0.15) is 5.82 Å². The maximum Gasteiger partial charge on any atom is 0.241 e. The quantitative estimate of drug-likeness (QED) is 0.869. The van der Waals surface area contributed by atoms with E-state index in [9.17, 15) is 9.18 Å². The molecule has 2 rings (SSSR count). The van der Waals surface area contributed by atoms with E-state index >= 15 is 0 Å². The maximum absolute atomic E-state index is 13.1.